The summed E-state index contributed by atoms with van der Waals surface area (Å²) in [5, 5.41) is 8.95. The number of ether oxygens (including phenoxy) is 4. The highest BCUT2D eigenvalue weighted by Crippen LogP contribution is 2.29. The summed E-state index contributed by atoms with van der Waals surface area (Å²) in [4.78, 5) is 65.3. The summed E-state index contributed by atoms with van der Waals surface area (Å²) in [6.07, 6.45) is -0.774. The minimum absolute atomic E-state index is 0.0750. The van der Waals surface area contributed by atoms with Crippen LogP contribution in [-0.2, 0) is 54.5 Å². The molecule has 0 aliphatic carbocycles. The van der Waals surface area contributed by atoms with Crippen molar-refractivity contribution in [1.29, 1.82) is 0 Å². The molecule has 2 aromatic carbocycles. The zero-order chi connectivity index (χ0) is 48.8. The van der Waals surface area contributed by atoms with Crippen molar-refractivity contribution in [1.82, 2.24) is 42.7 Å². The second kappa shape index (κ2) is 21.5. The van der Waals surface area contributed by atoms with Gasteiger partial charge >= 0.3 is 0 Å². The van der Waals surface area contributed by atoms with Gasteiger partial charge in [0.25, 0.3) is 11.8 Å². The highest BCUT2D eigenvalue weighted by Gasteiger charge is 2.30. The lowest BCUT2D eigenvalue weighted by atomic mass is 10.1. The van der Waals surface area contributed by atoms with Gasteiger partial charge in [0.15, 0.2) is 0 Å². The lowest BCUT2D eigenvalue weighted by Crippen LogP contribution is -2.43. The number of amides is 4. The van der Waals surface area contributed by atoms with Crippen molar-refractivity contribution in [2.45, 2.75) is 86.4 Å². The van der Waals surface area contributed by atoms with Gasteiger partial charge in [0.05, 0.1) is 60.8 Å². The van der Waals surface area contributed by atoms with Crippen LogP contribution in [0.4, 0.5) is 0 Å². The number of nitrogens with zero attached hydrogens (tertiary/aromatic N) is 11. The minimum atomic E-state index is -0.742. The molecule has 21 nitrogen and oxygen atoms in total. The molecule has 1 saturated heterocycles. The molecule has 6 aromatic rings. The van der Waals surface area contributed by atoms with Gasteiger partial charge in [-0.15, -0.1) is 0 Å². The molecule has 7 rings (SSSR count). The largest absolute Gasteiger partial charge is 0.491 e. The number of aryl methyl sites for hydroxylation is 6. The van der Waals surface area contributed by atoms with Gasteiger partial charge < -0.3 is 48.7 Å². The molecule has 4 N–H and O–H groups in total. The van der Waals surface area contributed by atoms with Crippen LogP contribution in [0.15, 0.2) is 52.4 Å². The number of nitrogens with two attached hydrogens (primary N) is 2. The maximum atomic E-state index is 14.3. The molecule has 4 amide bonds. The van der Waals surface area contributed by atoms with Crippen molar-refractivity contribution in [2.75, 3.05) is 52.7 Å². The number of benzene rings is 2. The molecular weight excluding hydrogens is 875 g/mol. The Morgan fingerprint density at radius 2 is 1.24 bits per heavy atom. The summed E-state index contributed by atoms with van der Waals surface area (Å²) >= 11 is 0. The van der Waals surface area contributed by atoms with Gasteiger partial charge in [0.1, 0.15) is 34.9 Å². The normalized spacial score (nSPS) is 14.9. The molecule has 5 heterocycles. The molecule has 2 unspecified atom stereocenters. The SMILES string of the molecule is CCOC(Cn1/c(=N/C(=O)c2cc(C)nn2CC)n(C)c2cc(C(N)=O)ccc21)C(Cn1/c(=N/C(=O)c2cc(C)nn2CC)n(C)c2cc(C(N)=O)cc(OCCCN3CCOCC3)c21)OCC. The Morgan fingerprint density at radius 1 is 0.706 bits per heavy atom. The monoisotopic (exact) mass is 937 g/mol. The van der Waals surface area contributed by atoms with Crippen LogP contribution >= 0.6 is 0 Å². The van der Waals surface area contributed by atoms with Crippen LogP contribution in [-0.4, -0.2) is 131 Å². The van der Waals surface area contributed by atoms with Crippen molar-refractivity contribution in [3.05, 3.63) is 87.6 Å². The van der Waals surface area contributed by atoms with Gasteiger partial charge in [-0.2, -0.15) is 20.2 Å². The van der Waals surface area contributed by atoms with Gasteiger partial charge in [-0.3, -0.25) is 33.4 Å². The average Bonchev–Trinajstić information content (AvgIpc) is 4.05. The van der Waals surface area contributed by atoms with Gasteiger partial charge in [-0.1, -0.05) is 0 Å². The number of primary amides is 2. The summed E-state index contributed by atoms with van der Waals surface area (Å²) in [6.45, 7) is 17.0. The molecule has 2 atom stereocenters. The standard InChI is InChI=1S/C47H63N13O8/c1-9-59-36(22-29(5)52-59)44(63)50-46-54(7)34-24-31(42(48)61)14-15-33(34)57(46)27-39(66-11-3)40(67-12-4)28-58-41-35(55(8)47(58)51-45(64)37-23-30(6)53-60(37)10-2)25-32(43(49)62)26-38(41)68-19-13-16-56-17-20-65-21-18-56/h14-15,22-26,39-40H,9-13,16-21,27-28H2,1-8H3,(H2,48,61)(H2,49,62)/b50-46+,51-47+. The fourth-order valence-electron chi connectivity index (χ4n) is 8.81. The van der Waals surface area contributed by atoms with E-state index in [-0.39, 0.29) is 48.7 Å². The van der Waals surface area contributed by atoms with Crippen LogP contribution in [0.2, 0.25) is 0 Å². The number of hydrogen-bond donors (Lipinski definition) is 2. The second-order valence-corrected chi connectivity index (χ2v) is 16.7. The first kappa shape index (κ1) is 49.2. The molecule has 0 bridgehead atoms. The third-order valence-electron chi connectivity index (χ3n) is 12.1. The zero-order valence-electron chi connectivity index (χ0n) is 40.2. The van der Waals surface area contributed by atoms with Gasteiger partial charge in [0, 0.05) is 71.2 Å². The number of hydrogen-bond acceptors (Lipinski definition) is 11. The summed E-state index contributed by atoms with van der Waals surface area (Å²) in [6, 6.07) is 11.7. The van der Waals surface area contributed by atoms with Crippen molar-refractivity contribution >= 4 is 45.7 Å². The number of carbonyl (C=O) groups excluding carboxylic acids is 4. The fraction of sp³-hybridized carbons (Fsp3) is 0.489. The molecule has 21 heteroatoms. The van der Waals surface area contributed by atoms with Crippen molar-refractivity contribution in [3.8, 4) is 5.75 Å². The Hall–Kier alpha value is -6.68. The second-order valence-electron chi connectivity index (χ2n) is 16.7. The Balaban J connectivity index is 1.39. The maximum absolute atomic E-state index is 14.3. The fourth-order valence-corrected chi connectivity index (χ4v) is 8.81. The van der Waals surface area contributed by atoms with Crippen molar-refractivity contribution in [2.24, 2.45) is 35.5 Å². The molecule has 68 heavy (non-hydrogen) atoms. The molecule has 1 aliphatic rings. The van der Waals surface area contributed by atoms with E-state index in [9.17, 15) is 19.2 Å². The van der Waals surface area contributed by atoms with E-state index in [2.05, 4.69) is 20.1 Å². The lowest BCUT2D eigenvalue weighted by molar-refractivity contribution is -0.0801. The average molecular weight is 938 g/mol. The van der Waals surface area contributed by atoms with Gasteiger partial charge in [-0.05, 0) is 90.4 Å². The number of aromatic nitrogens is 8. The Kier molecular flexibility index (Phi) is 15.6. The third kappa shape index (κ3) is 10.4. The highest BCUT2D eigenvalue weighted by atomic mass is 16.5. The molecule has 0 spiro atoms. The van der Waals surface area contributed by atoms with E-state index in [1.165, 1.54) is 0 Å². The predicted octanol–water partition coefficient (Wildman–Crippen LogP) is 2.61. The van der Waals surface area contributed by atoms with Crippen molar-refractivity contribution < 1.29 is 38.1 Å². The van der Waals surface area contributed by atoms with Crippen LogP contribution in [0.3, 0.4) is 0 Å². The van der Waals surface area contributed by atoms with E-state index in [0.717, 1.165) is 19.6 Å². The topological polar surface area (TPSA) is 241 Å². The van der Waals surface area contributed by atoms with Crippen molar-refractivity contribution in [3.63, 3.8) is 0 Å². The van der Waals surface area contributed by atoms with Crippen LogP contribution in [0.5, 0.6) is 5.75 Å². The third-order valence-corrected chi connectivity index (χ3v) is 12.1. The molecule has 364 valence electrons. The molecule has 1 fully saturated rings. The minimum Gasteiger partial charge on any atom is -0.491 e. The zero-order valence-corrected chi connectivity index (χ0v) is 40.2. The van der Waals surface area contributed by atoms with E-state index >= 15 is 0 Å². The smallest absolute Gasteiger partial charge is 0.298 e. The van der Waals surface area contributed by atoms with Crippen LogP contribution < -0.4 is 27.4 Å². The molecule has 0 saturated carbocycles. The number of morpholine rings is 1. The van der Waals surface area contributed by atoms with Gasteiger partial charge in [0.2, 0.25) is 23.1 Å². The number of rotatable bonds is 20. The Labute approximate surface area is 393 Å². The maximum Gasteiger partial charge on any atom is 0.298 e. The molecule has 1 aliphatic heterocycles. The summed E-state index contributed by atoms with van der Waals surface area (Å²) in [5.41, 5.74) is 17.0. The molecule has 0 radical (unpaired) electrons. The van der Waals surface area contributed by atoms with E-state index in [1.807, 2.05) is 50.7 Å². The molecule has 4 aromatic heterocycles. The number of imidazole rings is 2. The first-order chi connectivity index (χ1) is 32.7. The summed E-state index contributed by atoms with van der Waals surface area (Å²) in [7, 11) is 3.53. The van der Waals surface area contributed by atoms with E-state index in [4.69, 9.17) is 35.4 Å². The molecular formula is C47H63N13O8. The lowest BCUT2D eigenvalue weighted by Gasteiger charge is -2.28. The van der Waals surface area contributed by atoms with E-state index < -0.39 is 35.8 Å². The first-order valence-electron chi connectivity index (χ1n) is 23.1. The van der Waals surface area contributed by atoms with Crippen LogP contribution in [0.1, 0.15) is 87.2 Å². The summed E-state index contributed by atoms with van der Waals surface area (Å²) in [5.74, 6) is -1.92. The first-order valence-corrected chi connectivity index (χ1v) is 23.1. The Morgan fingerprint density at radius 3 is 1.78 bits per heavy atom. The van der Waals surface area contributed by atoms with Crippen LogP contribution in [0.25, 0.3) is 22.1 Å². The predicted molar refractivity (Wildman–Crippen MR) is 252 cm³/mol. The number of fused-ring (bicyclic) bond motifs is 2. The highest BCUT2D eigenvalue weighted by molar-refractivity contribution is 5.99. The Bertz CT molecular complexity index is 2980. The van der Waals surface area contributed by atoms with E-state index in [1.54, 1.807) is 75.1 Å². The summed E-state index contributed by atoms with van der Waals surface area (Å²) < 4.78 is 35.7. The van der Waals surface area contributed by atoms with E-state index in [0.29, 0.717) is 89.9 Å². The number of carbonyl (C=O) groups is 4. The van der Waals surface area contributed by atoms with Crippen LogP contribution in [0, 0.1) is 13.8 Å². The quantitative estimate of drug-likeness (QED) is 0.106. The van der Waals surface area contributed by atoms with Gasteiger partial charge in [-0.25, -0.2) is 0 Å².